The Bertz CT molecular complexity index is 531. The lowest BCUT2D eigenvalue weighted by atomic mass is 10.3. The van der Waals surface area contributed by atoms with Crippen LogP contribution >= 0.6 is 0 Å². The quantitative estimate of drug-likeness (QED) is 0.760. The number of aryl methyl sites for hydroxylation is 1. The topological polar surface area (TPSA) is 84.0 Å². The van der Waals surface area contributed by atoms with E-state index >= 15 is 0 Å². The fraction of sp³-hybridized carbons (Fsp3) is 0.692. The van der Waals surface area contributed by atoms with Gasteiger partial charge in [-0.05, 0) is 13.3 Å². The van der Waals surface area contributed by atoms with Crippen LogP contribution in [0.5, 0.6) is 0 Å². The first-order chi connectivity index (χ1) is 9.34. The molecule has 0 radical (unpaired) electrons. The van der Waals surface area contributed by atoms with Crippen molar-refractivity contribution < 1.29 is 8.42 Å². The van der Waals surface area contributed by atoms with Crippen LogP contribution in [0.1, 0.15) is 33.0 Å². The minimum atomic E-state index is -3.00. The highest BCUT2D eigenvalue weighted by Gasteiger charge is 2.12. The second-order valence-corrected chi connectivity index (χ2v) is 7.16. The first-order valence-corrected chi connectivity index (χ1v) is 8.96. The highest BCUT2D eigenvalue weighted by molar-refractivity contribution is 7.90. The zero-order chi connectivity index (χ0) is 15.2. The van der Waals surface area contributed by atoms with Gasteiger partial charge >= 0.3 is 0 Å². The third-order valence-electron chi connectivity index (χ3n) is 2.59. The third kappa shape index (κ3) is 6.18. The van der Waals surface area contributed by atoms with Crippen LogP contribution in [0.4, 0.5) is 11.6 Å². The van der Waals surface area contributed by atoms with Crippen molar-refractivity contribution in [3.63, 3.8) is 0 Å². The van der Waals surface area contributed by atoms with E-state index in [9.17, 15) is 8.42 Å². The van der Waals surface area contributed by atoms with Gasteiger partial charge in [0, 0.05) is 31.3 Å². The summed E-state index contributed by atoms with van der Waals surface area (Å²) in [4.78, 5) is 8.76. The Morgan fingerprint density at radius 2 is 1.90 bits per heavy atom. The molecular weight excluding hydrogens is 276 g/mol. The van der Waals surface area contributed by atoms with E-state index in [0.29, 0.717) is 5.82 Å². The normalized spacial score (nSPS) is 13.0. The van der Waals surface area contributed by atoms with Gasteiger partial charge in [-0.1, -0.05) is 13.8 Å². The van der Waals surface area contributed by atoms with E-state index in [0.717, 1.165) is 31.0 Å². The molecule has 1 unspecified atom stereocenters. The highest BCUT2D eigenvalue weighted by atomic mass is 32.2. The lowest BCUT2D eigenvalue weighted by Crippen LogP contribution is -2.25. The molecule has 1 aromatic rings. The lowest BCUT2D eigenvalue weighted by molar-refractivity contribution is 0.598. The number of rotatable bonds is 8. The van der Waals surface area contributed by atoms with Crippen molar-refractivity contribution in [2.75, 3.05) is 29.2 Å². The summed E-state index contributed by atoms with van der Waals surface area (Å²) in [6.07, 6.45) is 2.98. The van der Waals surface area contributed by atoms with Crippen molar-refractivity contribution in [3.05, 3.63) is 11.9 Å². The molecule has 0 saturated heterocycles. The second-order valence-electron chi connectivity index (χ2n) is 4.97. The number of hydrogen-bond acceptors (Lipinski definition) is 6. The molecule has 2 N–H and O–H groups in total. The Morgan fingerprint density at radius 1 is 1.25 bits per heavy atom. The predicted molar refractivity (Wildman–Crippen MR) is 83.0 cm³/mol. The summed E-state index contributed by atoms with van der Waals surface area (Å²) >= 11 is 0. The van der Waals surface area contributed by atoms with Gasteiger partial charge in [0.25, 0.3) is 0 Å². The van der Waals surface area contributed by atoms with Gasteiger partial charge < -0.3 is 10.6 Å². The van der Waals surface area contributed by atoms with E-state index in [2.05, 4.69) is 27.5 Å². The molecule has 1 atom stereocenters. The molecule has 1 aromatic heterocycles. The molecule has 0 spiro atoms. The zero-order valence-corrected chi connectivity index (χ0v) is 13.4. The number of aromatic nitrogens is 2. The number of sulfone groups is 1. The van der Waals surface area contributed by atoms with Gasteiger partial charge in [0.15, 0.2) is 0 Å². The molecule has 0 fully saturated rings. The van der Waals surface area contributed by atoms with Gasteiger partial charge in [-0.25, -0.2) is 18.4 Å². The zero-order valence-electron chi connectivity index (χ0n) is 12.6. The summed E-state index contributed by atoms with van der Waals surface area (Å²) in [5, 5.41) is 6.34. The molecule has 0 aliphatic rings. The van der Waals surface area contributed by atoms with Gasteiger partial charge in [0.05, 0.1) is 5.75 Å². The van der Waals surface area contributed by atoms with Crippen LogP contribution in [0, 0.1) is 0 Å². The predicted octanol–water partition coefficient (Wildman–Crippen LogP) is 1.71. The number of anilines is 2. The molecule has 7 heteroatoms. The van der Waals surface area contributed by atoms with E-state index in [1.54, 1.807) is 0 Å². The van der Waals surface area contributed by atoms with Gasteiger partial charge in [-0.3, -0.25) is 0 Å². The molecule has 0 aromatic carbocycles. The van der Waals surface area contributed by atoms with Crippen molar-refractivity contribution in [1.29, 1.82) is 0 Å². The second kappa shape index (κ2) is 7.42. The van der Waals surface area contributed by atoms with E-state index < -0.39 is 9.84 Å². The molecular formula is C13H24N4O2S. The minimum absolute atomic E-state index is 0.0795. The summed E-state index contributed by atoms with van der Waals surface area (Å²) in [6, 6.07) is 1.62. The summed E-state index contributed by atoms with van der Waals surface area (Å²) in [5.74, 6) is 2.25. The Kier molecular flexibility index (Phi) is 6.19. The molecule has 0 aliphatic carbocycles. The standard InChI is InChI=1S/C13H24N4O2S/c1-5-7-14-12-8-13(17-11(6-2)16-12)15-10(3)9-20(4,18)19/h8,10H,5-7,9H2,1-4H3,(H2,14,15,16,17). The fourth-order valence-corrected chi connectivity index (χ4v) is 2.81. The number of hydrogen-bond donors (Lipinski definition) is 2. The van der Waals surface area contributed by atoms with Gasteiger partial charge in [-0.15, -0.1) is 0 Å². The lowest BCUT2D eigenvalue weighted by Gasteiger charge is -2.15. The maximum atomic E-state index is 11.3. The first kappa shape index (κ1) is 16.7. The molecule has 1 rings (SSSR count). The van der Waals surface area contributed by atoms with Crippen LogP contribution in [0.25, 0.3) is 0 Å². The molecule has 114 valence electrons. The third-order valence-corrected chi connectivity index (χ3v) is 3.70. The van der Waals surface area contributed by atoms with Crippen LogP contribution in [-0.2, 0) is 16.3 Å². The summed E-state index contributed by atoms with van der Waals surface area (Å²) in [7, 11) is -3.00. The molecule has 0 bridgehead atoms. The maximum Gasteiger partial charge on any atom is 0.149 e. The Hall–Kier alpha value is -1.37. The fourth-order valence-electron chi connectivity index (χ4n) is 1.82. The van der Waals surface area contributed by atoms with E-state index in [-0.39, 0.29) is 11.8 Å². The van der Waals surface area contributed by atoms with Crippen LogP contribution in [0.2, 0.25) is 0 Å². The van der Waals surface area contributed by atoms with Crippen LogP contribution in [0.3, 0.4) is 0 Å². The molecule has 20 heavy (non-hydrogen) atoms. The van der Waals surface area contributed by atoms with Crippen molar-refractivity contribution in [2.45, 2.75) is 39.7 Å². The molecule has 0 aliphatic heterocycles. The Morgan fingerprint density at radius 3 is 2.45 bits per heavy atom. The van der Waals surface area contributed by atoms with E-state index in [4.69, 9.17) is 0 Å². The summed E-state index contributed by atoms with van der Waals surface area (Å²) < 4.78 is 22.6. The van der Waals surface area contributed by atoms with Gasteiger partial charge in [0.1, 0.15) is 27.3 Å². The van der Waals surface area contributed by atoms with Gasteiger partial charge in [-0.2, -0.15) is 0 Å². The van der Waals surface area contributed by atoms with Crippen molar-refractivity contribution in [3.8, 4) is 0 Å². The first-order valence-electron chi connectivity index (χ1n) is 6.90. The highest BCUT2D eigenvalue weighted by Crippen LogP contribution is 2.13. The average Bonchev–Trinajstić information content (AvgIpc) is 2.33. The maximum absolute atomic E-state index is 11.3. The van der Waals surface area contributed by atoms with Crippen molar-refractivity contribution >= 4 is 21.5 Å². The Labute approximate surface area is 121 Å². The smallest absolute Gasteiger partial charge is 0.149 e. The van der Waals surface area contributed by atoms with E-state index in [1.807, 2.05) is 19.9 Å². The number of nitrogens with zero attached hydrogens (tertiary/aromatic N) is 2. The van der Waals surface area contributed by atoms with Crippen LogP contribution in [-0.4, -0.2) is 43.0 Å². The van der Waals surface area contributed by atoms with Crippen molar-refractivity contribution in [1.82, 2.24) is 9.97 Å². The summed E-state index contributed by atoms with van der Waals surface area (Å²) in [5.41, 5.74) is 0. The molecule has 6 nitrogen and oxygen atoms in total. The number of nitrogens with one attached hydrogen (secondary N) is 2. The van der Waals surface area contributed by atoms with Crippen molar-refractivity contribution in [2.24, 2.45) is 0 Å². The molecule has 0 amide bonds. The van der Waals surface area contributed by atoms with Crippen LogP contribution < -0.4 is 10.6 Å². The minimum Gasteiger partial charge on any atom is -0.370 e. The van der Waals surface area contributed by atoms with Gasteiger partial charge in [0.2, 0.25) is 0 Å². The molecule has 0 saturated carbocycles. The average molecular weight is 300 g/mol. The SMILES string of the molecule is CCCNc1cc(NC(C)CS(C)(=O)=O)nc(CC)n1. The van der Waals surface area contributed by atoms with E-state index in [1.165, 1.54) is 6.26 Å². The summed E-state index contributed by atoms with van der Waals surface area (Å²) in [6.45, 7) is 6.75. The monoisotopic (exact) mass is 300 g/mol. The molecule has 1 heterocycles. The van der Waals surface area contributed by atoms with Crippen LogP contribution in [0.15, 0.2) is 6.07 Å². The largest absolute Gasteiger partial charge is 0.370 e. The Balaban J connectivity index is 2.82.